The Balaban J connectivity index is 1.81. The van der Waals surface area contributed by atoms with E-state index in [-0.39, 0.29) is 0 Å². The van der Waals surface area contributed by atoms with Crippen molar-refractivity contribution in [3.63, 3.8) is 0 Å². The summed E-state index contributed by atoms with van der Waals surface area (Å²) in [4.78, 5) is 0. The lowest BCUT2D eigenvalue weighted by Crippen LogP contribution is -2.34. The van der Waals surface area contributed by atoms with E-state index in [0.717, 1.165) is 17.9 Å². The van der Waals surface area contributed by atoms with Crippen LogP contribution in [0.2, 0.25) is 0 Å². The van der Waals surface area contributed by atoms with Crippen LogP contribution >= 0.6 is 12.2 Å². The van der Waals surface area contributed by atoms with Gasteiger partial charge in [0, 0.05) is 18.7 Å². The molecule has 2 N–H and O–H groups in total. The maximum Gasteiger partial charge on any atom is 0.166 e. The molecule has 0 heterocycles. The predicted octanol–water partition coefficient (Wildman–Crippen LogP) is 3.17. The fourth-order valence-electron chi connectivity index (χ4n) is 1.98. The van der Waals surface area contributed by atoms with E-state index in [1.165, 1.54) is 11.1 Å². The zero-order valence-corrected chi connectivity index (χ0v) is 13.2. The summed E-state index contributed by atoms with van der Waals surface area (Å²) in [5, 5.41) is 7.04. The Morgan fingerprint density at radius 3 is 2.38 bits per heavy atom. The summed E-state index contributed by atoms with van der Waals surface area (Å²) in [5.41, 5.74) is 3.55. The third-order valence-corrected chi connectivity index (χ3v) is 3.49. The fraction of sp³-hybridized carbons (Fsp3) is 0.235. The van der Waals surface area contributed by atoms with Crippen LogP contribution in [-0.4, -0.2) is 12.2 Å². The number of aryl methyl sites for hydroxylation is 1. The lowest BCUT2D eigenvalue weighted by molar-refractivity contribution is 0.409. The number of nitrogens with one attached hydrogen (secondary N) is 2. The molecule has 0 saturated heterocycles. The zero-order chi connectivity index (χ0) is 15.1. The minimum absolute atomic E-state index is 0.640. The standard InChI is InChI=1S/C17H20N2OS/c1-13-7-9-14(10-8-13)11-18-17(21)19-12-15-5-3-4-6-16(15)20-2/h3-10H,11-12H2,1-2H3,(H2,18,19,21). The van der Waals surface area contributed by atoms with Gasteiger partial charge in [-0.25, -0.2) is 0 Å². The molecule has 2 aromatic carbocycles. The Kier molecular flexibility index (Phi) is 5.58. The summed E-state index contributed by atoms with van der Waals surface area (Å²) in [5.74, 6) is 0.867. The number of para-hydroxylation sites is 1. The lowest BCUT2D eigenvalue weighted by atomic mass is 10.1. The van der Waals surface area contributed by atoms with Crippen molar-refractivity contribution in [3.8, 4) is 5.75 Å². The molecule has 0 fully saturated rings. The molecule has 0 atom stereocenters. The van der Waals surface area contributed by atoms with Gasteiger partial charge >= 0.3 is 0 Å². The maximum absolute atomic E-state index is 5.31. The molecule has 0 spiro atoms. The van der Waals surface area contributed by atoms with E-state index >= 15 is 0 Å². The van der Waals surface area contributed by atoms with Gasteiger partial charge in [-0.05, 0) is 30.8 Å². The van der Waals surface area contributed by atoms with Crippen LogP contribution in [0.4, 0.5) is 0 Å². The Labute approximate surface area is 131 Å². The van der Waals surface area contributed by atoms with E-state index in [4.69, 9.17) is 17.0 Å². The first-order chi connectivity index (χ1) is 10.2. The van der Waals surface area contributed by atoms with Gasteiger partial charge in [-0.1, -0.05) is 48.0 Å². The predicted molar refractivity (Wildman–Crippen MR) is 90.5 cm³/mol. The highest BCUT2D eigenvalue weighted by atomic mass is 32.1. The van der Waals surface area contributed by atoms with Crippen LogP contribution in [-0.2, 0) is 13.1 Å². The smallest absolute Gasteiger partial charge is 0.166 e. The Morgan fingerprint density at radius 1 is 1.00 bits per heavy atom. The van der Waals surface area contributed by atoms with Crippen molar-refractivity contribution in [2.24, 2.45) is 0 Å². The number of methoxy groups -OCH3 is 1. The molecule has 0 aliphatic rings. The highest BCUT2D eigenvalue weighted by Gasteiger charge is 2.02. The molecule has 2 aromatic rings. The molecule has 110 valence electrons. The van der Waals surface area contributed by atoms with Gasteiger partial charge in [-0.2, -0.15) is 0 Å². The summed E-state index contributed by atoms with van der Waals surface area (Å²) < 4.78 is 5.31. The monoisotopic (exact) mass is 300 g/mol. The molecule has 2 rings (SSSR count). The first-order valence-electron chi connectivity index (χ1n) is 6.88. The summed E-state index contributed by atoms with van der Waals surface area (Å²) in [6.07, 6.45) is 0. The van der Waals surface area contributed by atoms with Crippen LogP contribution in [0.15, 0.2) is 48.5 Å². The highest BCUT2D eigenvalue weighted by molar-refractivity contribution is 7.80. The molecule has 0 saturated carbocycles. The van der Waals surface area contributed by atoms with Gasteiger partial charge in [0.1, 0.15) is 5.75 Å². The van der Waals surface area contributed by atoms with Crippen LogP contribution < -0.4 is 15.4 Å². The largest absolute Gasteiger partial charge is 0.496 e. The van der Waals surface area contributed by atoms with E-state index in [1.807, 2.05) is 24.3 Å². The average molecular weight is 300 g/mol. The third-order valence-electron chi connectivity index (χ3n) is 3.21. The molecule has 0 radical (unpaired) electrons. The van der Waals surface area contributed by atoms with Gasteiger partial charge in [-0.15, -0.1) is 0 Å². The summed E-state index contributed by atoms with van der Waals surface area (Å²) in [6.45, 7) is 3.44. The van der Waals surface area contributed by atoms with Crippen molar-refractivity contribution >= 4 is 17.3 Å². The number of hydrogen-bond donors (Lipinski definition) is 2. The minimum Gasteiger partial charge on any atom is -0.496 e. The van der Waals surface area contributed by atoms with Crippen LogP contribution in [0.25, 0.3) is 0 Å². The fourth-order valence-corrected chi connectivity index (χ4v) is 2.12. The molecular weight excluding hydrogens is 280 g/mol. The van der Waals surface area contributed by atoms with E-state index in [0.29, 0.717) is 11.7 Å². The van der Waals surface area contributed by atoms with Crippen LogP contribution in [0, 0.1) is 6.92 Å². The molecule has 3 nitrogen and oxygen atoms in total. The van der Waals surface area contributed by atoms with Crippen molar-refractivity contribution in [2.75, 3.05) is 7.11 Å². The lowest BCUT2D eigenvalue weighted by Gasteiger charge is -2.12. The maximum atomic E-state index is 5.31. The molecule has 0 aliphatic heterocycles. The van der Waals surface area contributed by atoms with Gasteiger partial charge in [-0.3, -0.25) is 0 Å². The number of thiocarbonyl (C=S) groups is 1. The van der Waals surface area contributed by atoms with Crippen molar-refractivity contribution in [1.29, 1.82) is 0 Å². The number of rotatable bonds is 5. The average Bonchev–Trinajstić information content (AvgIpc) is 2.52. The topological polar surface area (TPSA) is 33.3 Å². The van der Waals surface area contributed by atoms with E-state index in [1.54, 1.807) is 7.11 Å². The molecule has 0 amide bonds. The first kappa shape index (κ1) is 15.3. The molecular formula is C17H20N2OS. The van der Waals surface area contributed by atoms with Gasteiger partial charge in [0.05, 0.1) is 7.11 Å². The van der Waals surface area contributed by atoms with Gasteiger partial charge in [0.15, 0.2) is 5.11 Å². The van der Waals surface area contributed by atoms with E-state index in [2.05, 4.69) is 41.8 Å². The van der Waals surface area contributed by atoms with Crippen molar-refractivity contribution in [3.05, 3.63) is 65.2 Å². The molecule has 0 aromatic heterocycles. The van der Waals surface area contributed by atoms with Crippen molar-refractivity contribution in [1.82, 2.24) is 10.6 Å². The van der Waals surface area contributed by atoms with Gasteiger partial charge in [0.25, 0.3) is 0 Å². The quantitative estimate of drug-likeness (QED) is 0.831. The molecule has 0 bridgehead atoms. The minimum atomic E-state index is 0.640. The number of hydrogen-bond acceptors (Lipinski definition) is 2. The Hall–Kier alpha value is -2.07. The summed E-state index contributed by atoms with van der Waals surface area (Å²) in [7, 11) is 1.67. The van der Waals surface area contributed by atoms with Crippen LogP contribution in [0.1, 0.15) is 16.7 Å². The molecule has 21 heavy (non-hydrogen) atoms. The van der Waals surface area contributed by atoms with Crippen LogP contribution in [0.5, 0.6) is 5.75 Å². The Morgan fingerprint density at radius 2 is 1.67 bits per heavy atom. The summed E-state index contributed by atoms with van der Waals surface area (Å²) >= 11 is 5.29. The van der Waals surface area contributed by atoms with Crippen molar-refractivity contribution in [2.45, 2.75) is 20.0 Å². The van der Waals surface area contributed by atoms with E-state index < -0.39 is 0 Å². The van der Waals surface area contributed by atoms with Crippen molar-refractivity contribution < 1.29 is 4.74 Å². The molecule has 0 unspecified atom stereocenters. The van der Waals surface area contributed by atoms with Gasteiger partial charge in [0.2, 0.25) is 0 Å². The SMILES string of the molecule is COc1ccccc1CNC(=S)NCc1ccc(C)cc1. The Bertz CT molecular complexity index is 596. The third kappa shape index (κ3) is 4.76. The van der Waals surface area contributed by atoms with Crippen LogP contribution in [0.3, 0.4) is 0 Å². The number of ether oxygens (including phenoxy) is 1. The normalized spacial score (nSPS) is 10.0. The second-order valence-electron chi connectivity index (χ2n) is 4.83. The number of benzene rings is 2. The first-order valence-corrected chi connectivity index (χ1v) is 7.29. The molecule has 0 aliphatic carbocycles. The van der Waals surface area contributed by atoms with Gasteiger partial charge < -0.3 is 15.4 Å². The summed E-state index contributed by atoms with van der Waals surface area (Å²) in [6, 6.07) is 16.3. The molecule has 4 heteroatoms. The second kappa shape index (κ2) is 7.64. The highest BCUT2D eigenvalue weighted by Crippen LogP contribution is 2.16. The zero-order valence-electron chi connectivity index (χ0n) is 12.3. The van der Waals surface area contributed by atoms with E-state index in [9.17, 15) is 0 Å². The second-order valence-corrected chi connectivity index (χ2v) is 5.24.